The Balaban J connectivity index is 2.20. The highest BCUT2D eigenvalue weighted by atomic mass is 35.5. The Morgan fingerprint density at radius 1 is 1.16 bits per heavy atom. The van der Waals surface area contributed by atoms with Crippen LogP contribution in [0.2, 0.25) is 5.02 Å². The molecule has 0 radical (unpaired) electrons. The molecule has 0 unspecified atom stereocenters. The van der Waals surface area contributed by atoms with Crippen LogP contribution in [0, 0.1) is 13.8 Å². The minimum Gasteiger partial charge on any atom is -0.460 e. The molecule has 0 fully saturated rings. The van der Waals surface area contributed by atoms with Crippen molar-refractivity contribution in [2.45, 2.75) is 33.7 Å². The highest BCUT2D eigenvalue weighted by Gasteiger charge is 2.10. The molecule has 0 aliphatic rings. The van der Waals surface area contributed by atoms with Crippen molar-refractivity contribution in [2.24, 2.45) is 0 Å². The Morgan fingerprint density at radius 2 is 1.89 bits per heavy atom. The largest absolute Gasteiger partial charge is 0.460 e. The lowest BCUT2D eigenvalue weighted by Crippen LogP contribution is -2.12. The van der Waals surface area contributed by atoms with Crippen LogP contribution >= 0.6 is 11.6 Å². The van der Waals surface area contributed by atoms with E-state index in [0.717, 1.165) is 41.6 Å². The number of halogens is 1. The molecule has 0 saturated heterocycles. The van der Waals surface area contributed by atoms with Crippen LogP contribution in [0.1, 0.15) is 30.2 Å². The van der Waals surface area contributed by atoms with Gasteiger partial charge in [-0.25, -0.2) is 0 Å². The van der Waals surface area contributed by atoms with Gasteiger partial charge in [-0.2, -0.15) is 0 Å². The first-order chi connectivity index (χ1) is 9.11. The summed E-state index contributed by atoms with van der Waals surface area (Å²) in [7, 11) is 0. The smallest absolute Gasteiger partial charge is 0.135 e. The topological polar surface area (TPSA) is 25.2 Å². The summed E-state index contributed by atoms with van der Waals surface area (Å²) < 4.78 is 5.85. The van der Waals surface area contributed by atoms with Gasteiger partial charge in [0.25, 0.3) is 0 Å². The highest BCUT2D eigenvalue weighted by molar-refractivity contribution is 6.33. The molecule has 102 valence electrons. The monoisotopic (exact) mass is 277 g/mol. The van der Waals surface area contributed by atoms with E-state index in [2.05, 4.69) is 32.2 Å². The lowest BCUT2D eigenvalue weighted by molar-refractivity contribution is 0.493. The average molecular weight is 278 g/mol. The van der Waals surface area contributed by atoms with Crippen molar-refractivity contribution in [3.05, 3.63) is 46.2 Å². The third-order valence-electron chi connectivity index (χ3n) is 3.24. The summed E-state index contributed by atoms with van der Waals surface area (Å²) in [6, 6.07) is 8.06. The van der Waals surface area contributed by atoms with Gasteiger partial charge < -0.3 is 9.73 Å². The Labute approximate surface area is 119 Å². The van der Waals surface area contributed by atoms with Gasteiger partial charge in [0, 0.05) is 5.56 Å². The molecule has 2 rings (SSSR count). The quantitative estimate of drug-likeness (QED) is 0.800. The van der Waals surface area contributed by atoms with E-state index < -0.39 is 0 Å². The zero-order valence-corrected chi connectivity index (χ0v) is 12.5. The van der Waals surface area contributed by atoms with Crippen molar-refractivity contribution >= 4 is 11.6 Å². The van der Waals surface area contributed by atoms with Crippen LogP contribution in [0.4, 0.5) is 0 Å². The number of nitrogens with one attached hydrogen (secondary N) is 1. The minimum absolute atomic E-state index is 0.741. The molecule has 0 aliphatic heterocycles. The molecule has 1 heterocycles. The van der Waals surface area contributed by atoms with E-state index in [0.29, 0.717) is 0 Å². The van der Waals surface area contributed by atoms with Gasteiger partial charge in [0.1, 0.15) is 11.5 Å². The Bertz CT molecular complexity index is 560. The van der Waals surface area contributed by atoms with Gasteiger partial charge in [-0.1, -0.05) is 18.5 Å². The van der Waals surface area contributed by atoms with E-state index in [1.165, 1.54) is 11.1 Å². The predicted molar refractivity (Wildman–Crippen MR) is 80.6 cm³/mol. The molecule has 0 saturated carbocycles. The molecule has 1 aromatic carbocycles. The van der Waals surface area contributed by atoms with Crippen LogP contribution in [0.5, 0.6) is 0 Å². The van der Waals surface area contributed by atoms with Crippen LogP contribution < -0.4 is 5.32 Å². The molecule has 1 aromatic heterocycles. The van der Waals surface area contributed by atoms with Gasteiger partial charge >= 0.3 is 0 Å². The number of benzene rings is 1. The summed E-state index contributed by atoms with van der Waals surface area (Å²) in [6.45, 7) is 8.06. The molecule has 0 spiro atoms. The maximum atomic E-state index is 6.30. The summed E-state index contributed by atoms with van der Waals surface area (Å²) in [5, 5.41) is 4.07. The molecular weight excluding hydrogens is 258 g/mol. The molecule has 0 amide bonds. The number of hydrogen-bond donors (Lipinski definition) is 1. The summed E-state index contributed by atoms with van der Waals surface area (Å²) in [5.74, 6) is 1.78. The van der Waals surface area contributed by atoms with Crippen LogP contribution in [0.25, 0.3) is 11.3 Å². The van der Waals surface area contributed by atoms with E-state index in [-0.39, 0.29) is 0 Å². The van der Waals surface area contributed by atoms with E-state index in [4.69, 9.17) is 16.0 Å². The van der Waals surface area contributed by atoms with Crippen molar-refractivity contribution in [1.82, 2.24) is 5.32 Å². The zero-order valence-electron chi connectivity index (χ0n) is 11.7. The maximum Gasteiger partial charge on any atom is 0.135 e. The highest BCUT2D eigenvalue weighted by Crippen LogP contribution is 2.31. The lowest BCUT2D eigenvalue weighted by Gasteiger charge is -2.06. The van der Waals surface area contributed by atoms with E-state index in [1.54, 1.807) is 0 Å². The normalized spacial score (nSPS) is 10.9. The Hall–Kier alpha value is -1.25. The summed E-state index contributed by atoms with van der Waals surface area (Å²) >= 11 is 6.30. The molecule has 19 heavy (non-hydrogen) atoms. The molecule has 3 heteroatoms. The molecule has 0 atom stereocenters. The predicted octanol–water partition coefficient (Wildman–Crippen LogP) is 4.72. The lowest BCUT2D eigenvalue weighted by atomic mass is 10.0. The number of furan rings is 1. The third-order valence-corrected chi connectivity index (χ3v) is 3.55. The summed E-state index contributed by atoms with van der Waals surface area (Å²) in [6.07, 6.45) is 1.12. The minimum atomic E-state index is 0.741. The van der Waals surface area contributed by atoms with Crippen LogP contribution in [0.15, 0.2) is 28.7 Å². The van der Waals surface area contributed by atoms with E-state index in [1.807, 2.05) is 18.2 Å². The fraction of sp³-hybridized carbons (Fsp3) is 0.375. The number of rotatable bonds is 5. The third kappa shape index (κ3) is 3.40. The molecular formula is C16H20ClNO. The fourth-order valence-corrected chi connectivity index (χ4v) is 2.29. The van der Waals surface area contributed by atoms with Gasteiger partial charge in [-0.15, -0.1) is 0 Å². The molecule has 2 nitrogen and oxygen atoms in total. The SMILES string of the molecule is CCCNCc1ccc(-c2cc(C)c(C)cc2Cl)o1. The summed E-state index contributed by atoms with van der Waals surface area (Å²) in [4.78, 5) is 0. The Morgan fingerprint density at radius 3 is 2.63 bits per heavy atom. The van der Waals surface area contributed by atoms with Crippen molar-refractivity contribution in [3.63, 3.8) is 0 Å². The van der Waals surface area contributed by atoms with E-state index in [9.17, 15) is 0 Å². The van der Waals surface area contributed by atoms with Crippen molar-refractivity contribution in [2.75, 3.05) is 6.54 Å². The van der Waals surface area contributed by atoms with Crippen LogP contribution in [-0.2, 0) is 6.54 Å². The molecule has 1 N–H and O–H groups in total. The van der Waals surface area contributed by atoms with Crippen LogP contribution in [-0.4, -0.2) is 6.54 Å². The standard InChI is InChI=1S/C16H20ClNO/c1-4-7-18-10-13-5-6-16(19-13)14-8-11(2)12(3)9-15(14)17/h5-6,8-9,18H,4,7,10H2,1-3H3. The van der Waals surface area contributed by atoms with Crippen molar-refractivity contribution in [3.8, 4) is 11.3 Å². The molecule has 2 aromatic rings. The van der Waals surface area contributed by atoms with Crippen molar-refractivity contribution in [1.29, 1.82) is 0 Å². The van der Waals surface area contributed by atoms with Gasteiger partial charge in [0.2, 0.25) is 0 Å². The molecule has 0 bridgehead atoms. The van der Waals surface area contributed by atoms with Crippen molar-refractivity contribution < 1.29 is 4.42 Å². The fourth-order valence-electron chi connectivity index (χ4n) is 1.98. The van der Waals surface area contributed by atoms with Crippen LogP contribution in [0.3, 0.4) is 0 Å². The second-order valence-corrected chi connectivity index (χ2v) is 5.27. The Kier molecular flexibility index (Phi) is 4.67. The first-order valence-corrected chi connectivity index (χ1v) is 7.06. The first kappa shape index (κ1) is 14.2. The van der Waals surface area contributed by atoms with Gasteiger partial charge in [-0.05, 0) is 62.2 Å². The first-order valence-electron chi connectivity index (χ1n) is 6.68. The maximum absolute atomic E-state index is 6.30. The molecule has 0 aliphatic carbocycles. The van der Waals surface area contributed by atoms with Gasteiger partial charge in [0.05, 0.1) is 11.6 Å². The second-order valence-electron chi connectivity index (χ2n) is 4.86. The number of aryl methyl sites for hydroxylation is 2. The van der Waals surface area contributed by atoms with Gasteiger partial charge in [-0.3, -0.25) is 0 Å². The summed E-state index contributed by atoms with van der Waals surface area (Å²) in [5.41, 5.74) is 3.39. The zero-order chi connectivity index (χ0) is 13.8. The van der Waals surface area contributed by atoms with Gasteiger partial charge in [0.15, 0.2) is 0 Å². The number of hydrogen-bond acceptors (Lipinski definition) is 2. The average Bonchev–Trinajstić information content (AvgIpc) is 2.83. The second kappa shape index (κ2) is 6.27. The van der Waals surface area contributed by atoms with E-state index >= 15 is 0 Å².